The van der Waals surface area contributed by atoms with Crippen molar-refractivity contribution in [2.75, 3.05) is 17.3 Å². The monoisotopic (exact) mass is 329 g/mol. The van der Waals surface area contributed by atoms with E-state index in [1.807, 2.05) is 0 Å². The first-order valence-electron chi connectivity index (χ1n) is 5.72. The smallest absolute Gasteiger partial charge is 0.322 e. The summed E-state index contributed by atoms with van der Waals surface area (Å²) in [6.45, 7) is 1.62. The van der Waals surface area contributed by atoms with Crippen LogP contribution in [0.15, 0.2) is 0 Å². The highest BCUT2D eigenvalue weighted by atomic mass is 32.2. The summed E-state index contributed by atoms with van der Waals surface area (Å²) in [6.07, 6.45) is 0.0465. The molecule has 2 heterocycles. The van der Waals surface area contributed by atoms with Crippen LogP contribution in [-0.2, 0) is 24.7 Å². The predicted molar refractivity (Wildman–Crippen MR) is 71.2 cm³/mol. The van der Waals surface area contributed by atoms with E-state index in [-0.39, 0.29) is 17.9 Å². The lowest BCUT2D eigenvalue weighted by Gasteiger charge is -2.26. The lowest BCUT2D eigenvalue weighted by atomic mass is 10.3. The first-order valence-corrected chi connectivity index (χ1v) is 10.1. The Hall–Kier alpha value is -0.320. The van der Waals surface area contributed by atoms with Crippen LogP contribution >= 0.6 is 11.8 Å². The Labute approximate surface area is 116 Å². The maximum Gasteiger partial charge on any atom is 0.322 e. The maximum atomic E-state index is 12.4. The summed E-state index contributed by atoms with van der Waals surface area (Å²) in [5.74, 6) is -1.56. The molecule has 0 aliphatic carbocycles. The lowest BCUT2D eigenvalue weighted by Crippen LogP contribution is -2.48. The Morgan fingerprint density at radius 2 is 2.05 bits per heavy atom. The second-order valence-electron chi connectivity index (χ2n) is 4.69. The molecule has 0 aromatic rings. The summed E-state index contributed by atoms with van der Waals surface area (Å²) >= 11 is 1.24. The number of carboxylic acids is 1. The van der Waals surface area contributed by atoms with Crippen LogP contribution in [0.25, 0.3) is 0 Å². The van der Waals surface area contributed by atoms with Gasteiger partial charge >= 0.3 is 5.97 Å². The van der Waals surface area contributed by atoms with Gasteiger partial charge in [0.1, 0.15) is 6.04 Å². The molecule has 2 saturated heterocycles. The number of carboxylic acid groups (broad SMARTS) is 1. The molecule has 0 bridgehead atoms. The van der Waals surface area contributed by atoms with Gasteiger partial charge in [0.2, 0.25) is 10.0 Å². The fourth-order valence-electron chi connectivity index (χ4n) is 2.36. The minimum atomic E-state index is -3.90. The standard InChI is InChI=1S/C9H15NO6S3/c1-6-10(8(4-17-6)9(11)12)19(15,16)7-2-3-18(13,14)5-7/h6-8H,2-5H2,1H3,(H,11,12). The molecular weight excluding hydrogens is 314 g/mol. The van der Waals surface area contributed by atoms with Gasteiger partial charge in [0.05, 0.1) is 22.1 Å². The van der Waals surface area contributed by atoms with Gasteiger partial charge in [-0.2, -0.15) is 4.31 Å². The molecule has 0 spiro atoms. The zero-order valence-corrected chi connectivity index (χ0v) is 12.7. The maximum absolute atomic E-state index is 12.4. The average Bonchev–Trinajstić information content (AvgIpc) is 2.82. The first-order chi connectivity index (χ1) is 8.65. The second kappa shape index (κ2) is 4.90. The van der Waals surface area contributed by atoms with E-state index in [0.29, 0.717) is 0 Å². The summed E-state index contributed by atoms with van der Waals surface area (Å²) in [4.78, 5) is 11.1. The third kappa shape index (κ3) is 2.76. The molecule has 19 heavy (non-hydrogen) atoms. The topological polar surface area (TPSA) is 109 Å². The van der Waals surface area contributed by atoms with Crippen molar-refractivity contribution in [1.82, 2.24) is 4.31 Å². The van der Waals surface area contributed by atoms with E-state index in [4.69, 9.17) is 5.11 Å². The summed E-state index contributed by atoms with van der Waals surface area (Å²) in [5.41, 5.74) is 0. The van der Waals surface area contributed by atoms with Crippen molar-refractivity contribution in [3.05, 3.63) is 0 Å². The van der Waals surface area contributed by atoms with E-state index in [1.165, 1.54) is 11.8 Å². The van der Waals surface area contributed by atoms with Gasteiger partial charge < -0.3 is 5.11 Å². The van der Waals surface area contributed by atoms with Gasteiger partial charge in [-0.25, -0.2) is 16.8 Å². The number of thioether (sulfide) groups is 1. The van der Waals surface area contributed by atoms with E-state index in [1.54, 1.807) is 6.92 Å². The summed E-state index contributed by atoms with van der Waals surface area (Å²) in [6, 6.07) is -1.10. The van der Waals surface area contributed by atoms with Gasteiger partial charge in [0.15, 0.2) is 9.84 Å². The number of hydrogen-bond acceptors (Lipinski definition) is 6. The molecular formula is C9H15NO6S3. The van der Waals surface area contributed by atoms with Crippen molar-refractivity contribution in [1.29, 1.82) is 0 Å². The number of sulfone groups is 1. The van der Waals surface area contributed by atoms with Gasteiger partial charge in [0.25, 0.3) is 0 Å². The van der Waals surface area contributed by atoms with Gasteiger partial charge in [0, 0.05) is 5.75 Å². The van der Waals surface area contributed by atoms with Crippen LogP contribution < -0.4 is 0 Å². The van der Waals surface area contributed by atoms with Crippen molar-refractivity contribution in [2.24, 2.45) is 0 Å². The van der Waals surface area contributed by atoms with Crippen LogP contribution in [0.5, 0.6) is 0 Å². The summed E-state index contributed by atoms with van der Waals surface area (Å²) in [7, 11) is -7.22. The summed E-state index contributed by atoms with van der Waals surface area (Å²) < 4.78 is 48.6. The molecule has 7 nitrogen and oxygen atoms in total. The van der Waals surface area contributed by atoms with Crippen molar-refractivity contribution in [3.8, 4) is 0 Å². The van der Waals surface area contributed by atoms with Crippen LogP contribution in [0.2, 0.25) is 0 Å². The number of carbonyl (C=O) groups is 1. The number of aliphatic carboxylic acids is 1. The SMILES string of the molecule is CC1SCC(C(=O)O)N1S(=O)(=O)C1CCS(=O)(=O)C1. The Balaban J connectivity index is 2.31. The Morgan fingerprint density at radius 1 is 1.42 bits per heavy atom. The molecule has 0 amide bonds. The number of rotatable bonds is 3. The van der Waals surface area contributed by atoms with Crippen molar-refractivity contribution in [2.45, 2.75) is 30.0 Å². The van der Waals surface area contributed by atoms with Crippen molar-refractivity contribution >= 4 is 37.6 Å². The number of nitrogens with zero attached hydrogens (tertiary/aromatic N) is 1. The molecule has 2 rings (SSSR count). The van der Waals surface area contributed by atoms with E-state index >= 15 is 0 Å². The zero-order valence-electron chi connectivity index (χ0n) is 10.2. The molecule has 3 atom stereocenters. The third-order valence-corrected chi connectivity index (χ3v) is 9.09. The molecule has 1 N–H and O–H groups in total. The van der Waals surface area contributed by atoms with Crippen LogP contribution in [0.4, 0.5) is 0 Å². The van der Waals surface area contributed by atoms with E-state index in [0.717, 1.165) is 4.31 Å². The molecule has 2 fully saturated rings. The first kappa shape index (κ1) is 15.1. The quantitative estimate of drug-likeness (QED) is 0.733. The highest BCUT2D eigenvalue weighted by Crippen LogP contribution is 2.35. The van der Waals surface area contributed by atoms with Crippen molar-refractivity contribution < 1.29 is 26.7 Å². The van der Waals surface area contributed by atoms with Gasteiger partial charge in [-0.3, -0.25) is 4.79 Å². The fraction of sp³-hybridized carbons (Fsp3) is 0.889. The minimum absolute atomic E-state index is 0.0465. The Kier molecular flexibility index (Phi) is 3.89. The number of hydrogen-bond donors (Lipinski definition) is 1. The zero-order chi connectivity index (χ0) is 14.4. The molecule has 110 valence electrons. The van der Waals surface area contributed by atoms with E-state index in [9.17, 15) is 21.6 Å². The molecule has 0 saturated carbocycles. The highest BCUT2D eigenvalue weighted by Gasteiger charge is 2.49. The number of sulfonamides is 1. The van der Waals surface area contributed by atoms with Gasteiger partial charge in [-0.15, -0.1) is 11.8 Å². The van der Waals surface area contributed by atoms with Crippen LogP contribution in [0.3, 0.4) is 0 Å². The van der Waals surface area contributed by atoms with Crippen molar-refractivity contribution in [3.63, 3.8) is 0 Å². The van der Waals surface area contributed by atoms with Gasteiger partial charge in [-0.1, -0.05) is 0 Å². The Bertz CT molecular complexity index is 583. The molecule has 0 radical (unpaired) electrons. The largest absolute Gasteiger partial charge is 0.480 e. The molecule has 2 aliphatic heterocycles. The normalized spacial score (nSPS) is 35.5. The highest BCUT2D eigenvalue weighted by molar-refractivity contribution is 8.01. The molecule has 3 unspecified atom stereocenters. The Morgan fingerprint density at radius 3 is 2.53 bits per heavy atom. The second-order valence-corrected chi connectivity index (χ2v) is 10.4. The minimum Gasteiger partial charge on any atom is -0.480 e. The van der Waals surface area contributed by atoms with E-state index < -0.39 is 48.2 Å². The molecule has 0 aromatic heterocycles. The predicted octanol–water partition coefficient (Wildman–Crippen LogP) is -0.649. The van der Waals surface area contributed by atoms with Gasteiger partial charge in [-0.05, 0) is 13.3 Å². The van der Waals surface area contributed by atoms with E-state index in [2.05, 4.69) is 0 Å². The molecule has 10 heteroatoms. The summed E-state index contributed by atoms with van der Waals surface area (Å²) in [5, 5.41) is 7.58. The van der Waals surface area contributed by atoms with Crippen LogP contribution in [0.1, 0.15) is 13.3 Å². The lowest BCUT2D eigenvalue weighted by molar-refractivity contribution is -0.140. The molecule has 0 aromatic carbocycles. The fourth-order valence-corrected chi connectivity index (χ4v) is 8.75. The van der Waals surface area contributed by atoms with Crippen LogP contribution in [0, 0.1) is 0 Å². The third-order valence-electron chi connectivity index (χ3n) is 3.35. The van der Waals surface area contributed by atoms with Crippen LogP contribution in [-0.4, -0.2) is 66.1 Å². The molecule has 2 aliphatic rings. The average molecular weight is 329 g/mol.